The molecular weight excluding hydrogens is 300 g/mol. The maximum Gasteiger partial charge on any atom is 0.0348 e. The molecule has 4 rings (SSSR count). The fraction of sp³-hybridized carbons (Fsp3) is 0. The minimum Gasteiger partial charge on any atom is -0.0622 e. The van der Waals surface area contributed by atoms with Crippen molar-refractivity contribution in [1.29, 1.82) is 0 Å². The molecule has 2 aliphatic rings. The van der Waals surface area contributed by atoms with Crippen LogP contribution in [-0.4, -0.2) is 4.86 Å². The van der Waals surface area contributed by atoms with Gasteiger partial charge in [-0.15, -0.1) is 0 Å². The third-order valence-electron chi connectivity index (χ3n) is 3.27. The summed E-state index contributed by atoms with van der Waals surface area (Å²) >= 11 is 0. The molecule has 98 valence electrons. The highest BCUT2D eigenvalue weighted by molar-refractivity contribution is 9.18. The number of allylic oxidation sites excluding steroid dienone is 2. The van der Waals surface area contributed by atoms with Crippen LogP contribution in [0.1, 0.15) is 11.1 Å². The Morgan fingerprint density at radius 2 is 1.40 bits per heavy atom. The normalized spacial score (nSPS) is 20.6. The minimum atomic E-state index is 0.236. The number of hydrogen-bond acceptors (Lipinski definition) is 2. The van der Waals surface area contributed by atoms with Crippen molar-refractivity contribution < 1.29 is 0 Å². The predicted molar refractivity (Wildman–Crippen MR) is 96.6 cm³/mol. The fourth-order valence-electron chi connectivity index (χ4n) is 2.37. The Morgan fingerprint density at radius 3 is 2.10 bits per heavy atom. The summed E-state index contributed by atoms with van der Waals surface area (Å²) in [5, 5.41) is 2.23. The van der Waals surface area contributed by atoms with Crippen LogP contribution in [0.4, 0.5) is 0 Å². The highest BCUT2D eigenvalue weighted by atomic mass is 33.5. The molecule has 0 aromatic heterocycles. The van der Waals surface area contributed by atoms with Crippen LogP contribution in [0.3, 0.4) is 0 Å². The molecule has 3 heteroatoms. The van der Waals surface area contributed by atoms with E-state index in [-0.39, 0.29) is 8.55 Å². The van der Waals surface area contributed by atoms with Gasteiger partial charge in [0, 0.05) is 15.3 Å². The molecular formula is C17H12S3. The van der Waals surface area contributed by atoms with Crippen LogP contribution < -0.4 is 0 Å². The monoisotopic (exact) mass is 312 g/mol. The molecule has 0 saturated heterocycles. The van der Waals surface area contributed by atoms with Crippen molar-refractivity contribution in [2.24, 2.45) is 0 Å². The van der Waals surface area contributed by atoms with Crippen LogP contribution in [-0.2, 0) is 0 Å². The zero-order chi connectivity index (χ0) is 13.4. The number of hydrogen-bond donors (Lipinski definition) is 0. The lowest BCUT2D eigenvalue weighted by Gasteiger charge is -2.09. The van der Waals surface area contributed by atoms with Crippen LogP contribution in [0.15, 0.2) is 72.1 Å². The van der Waals surface area contributed by atoms with Gasteiger partial charge in [0.2, 0.25) is 0 Å². The fourth-order valence-corrected chi connectivity index (χ4v) is 8.67. The summed E-state index contributed by atoms with van der Waals surface area (Å²) in [6.45, 7) is 0. The second-order valence-electron chi connectivity index (χ2n) is 4.52. The van der Waals surface area contributed by atoms with E-state index in [1.165, 1.54) is 26.5 Å². The summed E-state index contributed by atoms with van der Waals surface area (Å²) < 4.78 is 0. The molecule has 0 N–H and O–H groups in total. The van der Waals surface area contributed by atoms with Crippen molar-refractivity contribution in [2.75, 3.05) is 0 Å². The van der Waals surface area contributed by atoms with E-state index >= 15 is 0 Å². The van der Waals surface area contributed by atoms with Crippen molar-refractivity contribution in [3.8, 4) is 0 Å². The zero-order valence-electron chi connectivity index (χ0n) is 10.7. The van der Waals surface area contributed by atoms with E-state index in [1.54, 1.807) is 0 Å². The van der Waals surface area contributed by atoms with Gasteiger partial charge in [0.15, 0.2) is 0 Å². The van der Waals surface area contributed by atoms with Gasteiger partial charge in [-0.1, -0.05) is 90.8 Å². The molecule has 0 saturated carbocycles. The SMILES string of the molecule is C1=CC2=S(S1)SC(c1ccccc1)=C2c1ccccc1. The molecule has 1 unspecified atom stereocenters. The maximum absolute atomic E-state index is 2.29. The molecule has 2 aromatic rings. The van der Waals surface area contributed by atoms with Crippen molar-refractivity contribution in [3.63, 3.8) is 0 Å². The van der Waals surface area contributed by atoms with E-state index in [9.17, 15) is 0 Å². The van der Waals surface area contributed by atoms with Gasteiger partial charge in [-0.05, 0) is 22.6 Å². The van der Waals surface area contributed by atoms with Gasteiger partial charge in [0.25, 0.3) is 0 Å². The summed E-state index contributed by atoms with van der Waals surface area (Å²) in [6.07, 6.45) is 2.29. The van der Waals surface area contributed by atoms with Gasteiger partial charge in [-0.3, -0.25) is 0 Å². The Kier molecular flexibility index (Phi) is 3.34. The lowest BCUT2D eigenvalue weighted by Crippen LogP contribution is -1.95. The van der Waals surface area contributed by atoms with E-state index in [2.05, 4.69) is 72.1 Å². The summed E-state index contributed by atoms with van der Waals surface area (Å²) in [4.78, 5) is 2.91. The Hall–Kier alpha value is -1.16. The predicted octanol–water partition coefficient (Wildman–Crippen LogP) is 5.83. The van der Waals surface area contributed by atoms with Gasteiger partial charge in [-0.25, -0.2) is 0 Å². The third-order valence-corrected chi connectivity index (χ3v) is 9.36. The topological polar surface area (TPSA) is 0 Å². The summed E-state index contributed by atoms with van der Waals surface area (Å²) in [5.74, 6) is 0. The maximum atomic E-state index is 2.29. The lowest BCUT2D eigenvalue weighted by atomic mass is 9.99. The molecule has 0 spiro atoms. The molecule has 0 aliphatic carbocycles. The van der Waals surface area contributed by atoms with Crippen LogP contribution in [0.25, 0.3) is 10.5 Å². The molecule has 2 aliphatic heterocycles. The molecule has 2 heterocycles. The summed E-state index contributed by atoms with van der Waals surface area (Å²) in [7, 11) is 4.19. The first-order chi connectivity index (χ1) is 9.93. The van der Waals surface area contributed by atoms with Crippen LogP contribution in [0.5, 0.6) is 0 Å². The van der Waals surface area contributed by atoms with Gasteiger partial charge in [-0.2, -0.15) is 0 Å². The third kappa shape index (κ3) is 2.10. The number of benzene rings is 2. The van der Waals surface area contributed by atoms with Crippen LogP contribution in [0, 0.1) is 0 Å². The Bertz CT molecular complexity index is 740. The van der Waals surface area contributed by atoms with E-state index in [0.29, 0.717) is 0 Å². The van der Waals surface area contributed by atoms with Crippen molar-refractivity contribution >= 4 is 45.5 Å². The van der Waals surface area contributed by atoms with Crippen molar-refractivity contribution in [3.05, 3.63) is 83.3 Å². The zero-order valence-corrected chi connectivity index (χ0v) is 13.1. The molecule has 0 bridgehead atoms. The number of rotatable bonds is 2. The first-order valence-corrected chi connectivity index (χ1v) is 10.4. The standard InChI is InChI=1S/C17H12S3/c1-3-7-13(8-4-1)16-15-11-12-18-20(15)19-17(16)14-9-5-2-6-10-14/h1-12H. The Labute approximate surface area is 128 Å². The summed E-state index contributed by atoms with van der Waals surface area (Å²) in [5.41, 5.74) is 4.09. The smallest absolute Gasteiger partial charge is 0.0348 e. The first-order valence-electron chi connectivity index (χ1n) is 6.42. The molecule has 2 aromatic carbocycles. The molecule has 0 nitrogen and oxygen atoms in total. The second-order valence-corrected chi connectivity index (χ2v) is 10.2. The molecule has 0 radical (unpaired) electrons. The molecule has 0 amide bonds. The lowest BCUT2D eigenvalue weighted by molar-refractivity contribution is 1.62. The van der Waals surface area contributed by atoms with E-state index in [4.69, 9.17) is 0 Å². The first kappa shape index (κ1) is 12.6. The van der Waals surface area contributed by atoms with Crippen molar-refractivity contribution in [2.45, 2.75) is 0 Å². The summed E-state index contributed by atoms with van der Waals surface area (Å²) in [6, 6.07) is 21.5. The van der Waals surface area contributed by atoms with E-state index < -0.39 is 0 Å². The largest absolute Gasteiger partial charge is 0.0622 e. The van der Waals surface area contributed by atoms with E-state index in [1.807, 2.05) is 21.6 Å². The second kappa shape index (κ2) is 5.32. The average Bonchev–Trinajstić information content (AvgIpc) is 3.09. The quantitative estimate of drug-likeness (QED) is 0.505. The van der Waals surface area contributed by atoms with Gasteiger partial charge in [0.1, 0.15) is 0 Å². The van der Waals surface area contributed by atoms with Crippen LogP contribution >= 0.6 is 30.1 Å². The van der Waals surface area contributed by atoms with Crippen molar-refractivity contribution in [1.82, 2.24) is 0 Å². The molecule has 0 fully saturated rings. The Balaban J connectivity index is 1.92. The highest BCUT2D eigenvalue weighted by Crippen LogP contribution is 2.62. The van der Waals surface area contributed by atoms with Gasteiger partial charge < -0.3 is 0 Å². The van der Waals surface area contributed by atoms with Gasteiger partial charge >= 0.3 is 0 Å². The van der Waals surface area contributed by atoms with Gasteiger partial charge in [0.05, 0.1) is 0 Å². The molecule has 20 heavy (non-hydrogen) atoms. The van der Waals surface area contributed by atoms with E-state index in [0.717, 1.165) is 0 Å². The molecule has 1 atom stereocenters. The highest BCUT2D eigenvalue weighted by Gasteiger charge is 2.27. The average molecular weight is 312 g/mol. The Morgan fingerprint density at radius 1 is 0.750 bits per heavy atom. The van der Waals surface area contributed by atoms with Crippen LogP contribution in [0.2, 0.25) is 0 Å². The minimum absolute atomic E-state index is 0.236.